The van der Waals surface area contributed by atoms with E-state index in [1.54, 1.807) is 12.1 Å². The molecule has 0 radical (unpaired) electrons. The zero-order valence-electron chi connectivity index (χ0n) is 11.0. The summed E-state index contributed by atoms with van der Waals surface area (Å²) in [5.41, 5.74) is 1.02. The molecule has 0 aromatic heterocycles. The number of hydrogen-bond acceptors (Lipinski definition) is 4. The Morgan fingerprint density at radius 3 is 1.95 bits per heavy atom. The summed E-state index contributed by atoms with van der Waals surface area (Å²) in [6.07, 6.45) is 0.976. The number of rotatable bonds is 6. The zero-order chi connectivity index (χ0) is 14.3. The van der Waals surface area contributed by atoms with E-state index in [0.717, 1.165) is 5.56 Å². The minimum atomic E-state index is -0.331. The fraction of sp³-hybridized carbons (Fsp3) is 0.429. The third-order valence-electron chi connectivity index (χ3n) is 2.80. The summed E-state index contributed by atoms with van der Waals surface area (Å²) in [5, 5.41) is 0.654. The molecule has 0 fully saturated rings. The third kappa shape index (κ3) is 5.75. The summed E-state index contributed by atoms with van der Waals surface area (Å²) in [4.78, 5) is 22.7. The molecular weight excluding hydrogens is 268 g/mol. The van der Waals surface area contributed by atoms with Gasteiger partial charge in [-0.05, 0) is 30.0 Å². The highest BCUT2D eigenvalue weighted by molar-refractivity contribution is 6.30. The van der Waals surface area contributed by atoms with Crippen LogP contribution in [-0.2, 0) is 25.5 Å². The van der Waals surface area contributed by atoms with E-state index in [1.165, 1.54) is 14.2 Å². The molecule has 1 aromatic carbocycles. The van der Waals surface area contributed by atoms with Gasteiger partial charge in [-0.25, -0.2) is 0 Å². The summed E-state index contributed by atoms with van der Waals surface area (Å²) >= 11 is 5.81. The number of carbonyl (C=O) groups is 2. The predicted octanol–water partition coefficient (Wildman–Crippen LogP) is 2.62. The molecule has 0 aliphatic heterocycles. The number of methoxy groups -OCH3 is 2. The summed E-state index contributed by atoms with van der Waals surface area (Å²) in [5.74, 6) is -0.799. The first-order chi connectivity index (χ1) is 9.05. The number of carbonyl (C=O) groups excluding carboxylic acids is 2. The lowest BCUT2D eigenvalue weighted by Crippen LogP contribution is -2.17. The van der Waals surface area contributed by atoms with Crippen molar-refractivity contribution in [1.82, 2.24) is 0 Å². The molecule has 104 valence electrons. The summed E-state index contributed by atoms with van der Waals surface area (Å²) in [7, 11) is 2.67. The molecule has 0 saturated heterocycles. The lowest BCUT2D eigenvalue weighted by atomic mass is 9.93. The van der Waals surface area contributed by atoms with Crippen molar-refractivity contribution in [3.05, 3.63) is 34.9 Å². The van der Waals surface area contributed by atoms with Crippen molar-refractivity contribution >= 4 is 23.5 Å². The molecule has 0 N–H and O–H groups in total. The summed E-state index contributed by atoms with van der Waals surface area (Å²) in [6, 6.07) is 7.32. The van der Waals surface area contributed by atoms with Crippen LogP contribution >= 0.6 is 11.6 Å². The highest BCUT2D eigenvalue weighted by Crippen LogP contribution is 2.19. The summed E-state index contributed by atoms with van der Waals surface area (Å²) < 4.78 is 9.28. The van der Waals surface area contributed by atoms with Crippen molar-refractivity contribution in [3.63, 3.8) is 0 Å². The first-order valence-corrected chi connectivity index (χ1v) is 6.31. The normalized spacial score (nSPS) is 10.3. The molecule has 0 spiro atoms. The second-order valence-electron chi connectivity index (χ2n) is 4.26. The van der Waals surface area contributed by atoms with E-state index in [-0.39, 0.29) is 30.7 Å². The minimum Gasteiger partial charge on any atom is -0.469 e. The molecular formula is C14H17ClO4. The van der Waals surface area contributed by atoms with Gasteiger partial charge in [-0.15, -0.1) is 0 Å². The van der Waals surface area contributed by atoms with Gasteiger partial charge >= 0.3 is 11.9 Å². The summed E-state index contributed by atoms with van der Waals surface area (Å²) in [6.45, 7) is 0. The van der Waals surface area contributed by atoms with E-state index in [0.29, 0.717) is 11.4 Å². The predicted molar refractivity (Wildman–Crippen MR) is 71.9 cm³/mol. The first kappa shape index (κ1) is 15.5. The van der Waals surface area contributed by atoms with Gasteiger partial charge in [0.1, 0.15) is 0 Å². The molecule has 0 heterocycles. The highest BCUT2D eigenvalue weighted by atomic mass is 35.5. The Morgan fingerprint density at radius 1 is 1.05 bits per heavy atom. The van der Waals surface area contributed by atoms with E-state index >= 15 is 0 Å². The van der Waals surface area contributed by atoms with Crippen molar-refractivity contribution in [2.24, 2.45) is 5.92 Å². The van der Waals surface area contributed by atoms with Crippen LogP contribution in [0.2, 0.25) is 5.02 Å². The van der Waals surface area contributed by atoms with Crippen LogP contribution in [-0.4, -0.2) is 26.2 Å². The maximum absolute atomic E-state index is 11.3. The number of halogens is 1. The standard InChI is InChI=1S/C14H17ClO4/c1-18-13(16)8-11(9-14(17)19-2)7-10-3-5-12(15)6-4-10/h3-6,11H,7-9H2,1-2H3. The van der Waals surface area contributed by atoms with Gasteiger partial charge in [-0.3, -0.25) is 9.59 Å². The topological polar surface area (TPSA) is 52.6 Å². The average Bonchev–Trinajstić information content (AvgIpc) is 2.40. The Kier molecular flexibility index (Phi) is 6.36. The Balaban J connectivity index is 2.69. The minimum absolute atomic E-state index is 0.138. The molecule has 0 unspecified atom stereocenters. The van der Waals surface area contributed by atoms with Crippen LogP contribution in [0, 0.1) is 5.92 Å². The number of hydrogen-bond donors (Lipinski definition) is 0. The first-order valence-electron chi connectivity index (χ1n) is 5.93. The number of esters is 2. The molecule has 0 aliphatic rings. The molecule has 0 bridgehead atoms. The molecule has 0 saturated carbocycles. The van der Waals surface area contributed by atoms with Crippen molar-refractivity contribution in [2.45, 2.75) is 19.3 Å². The van der Waals surface area contributed by atoms with Gasteiger partial charge in [0.25, 0.3) is 0 Å². The SMILES string of the molecule is COC(=O)CC(CC(=O)OC)Cc1ccc(Cl)cc1. The smallest absolute Gasteiger partial charge is 0.305 e. The number of ether oxygens (including phenoxy) is 2. The Labute approximate surface area is 117 Å². The van der Waals surface area contributed by atoms with Gasteiger partial charge in [-0.1, -0.05) is 23.7 Å². The maximum Gasteiger partial charge on any atom is 0.305 e. The molecule has 1 rings (SSSR count). The van der Waals surface area contributed by atoms with Crippen molar-refractivity contribution < 1.29 is 19.1 Å². The Morgan fingerprint density at radius 2 is 1.53 bits per heavy atom. The van der Waals surface area contributed by atoms with Gasteiger partial charge in [-0.2, -0.15) is 0 Å². The molecule has 1 aromatic rings. The van der Waals surface area contributed by atoms with Gasteiger partial charge in [0.2, 0.25) is 0 Å². The van der Waals surface area contributed by atoms with E-state index < -0.39 is 0 Å². The molecule has 4 nitrogen and oxygen atoms in total. The van der Waals surface area contributed by atoms with Crippen LogP contribution in [0.15, 0.2) is 24.3 Å². The molecule has 5 heteroatoms. The molecule has 19 heavy (non-hydrogen) atoms. The van der Waals surface area contributed by atoms with Gasteiger partial charge < -0.3 is 9.47 Å². The highest BCUT2D eigenvalue weighted by Gasteiger charge is 2.19. The van der Waals surface area contributed by atoms with Crippen LogP contribution in [0.5, 0.6) is 0 Å². The molecule has 0 amide bonds. The largest absolute Gasteiger partial charge is 0.469 e. The van der Waals surface area contributed by atoms with Crippen molar-refractivity contribution in [1.29, 1.82) is 0 Å². The van der Waals surface area contributed by atoms with E-state index in [2.05, 4.69) is 9.47 Å². The van der Waals surface area contributed by atoms with E-state index in [1.807, 2.05) is 12.1 Å². The van der Waals surface area contributed by atoms with Gasteiger partial charge in [0.05, 0.1) is 14.2 Å². The van der Waals surface area contributed by atoms with Crippen LogP contribution < -0.4 is 0 Å². The van der Waals surface area contributed by atoms with Crippen LogP contribution in [0.1, 0.15) is 18.4 Å². The van der Waals surface area contributed by atoms with Crippen LogP contribution in [0.3, 0.4) is 0 Å². The third-order valence-corrected chi connectivity index (χ3v) is 3.06. The average molecular weight is 285 g/mol. The Hall–Kier alpha value is -1.55. The van der Waals surface area contributed by atoms with Crippen molar-refractivity contribution in [3.8, 4) is 0 Å². The quantitative estimate of drug-likeness (QED) is 0.754. The monoisotopic (exact) mass is 284 g/mol. The van der Waals surface area contributed by atoms with Gasteiger partial charge in [0, 0.05) is 17.9 Å². The zero-order valence-corrected chi connectivity index (χ0v) is 11.8. The van der Waals surface area contributed by atoms with E-state index in [9.17, 15) is 9.59 Å². The Bertz CT molecular complexity index is 410. The lowest BCUT2D eigenvalue weighted by Gasteiger charge is -2.14. The fourth-order valence-corrected chi connectivity index (χ4v) is 1.93. The lowest BCUT2D eigenvalue weighted by molar-refractivity contribution is -0.144. The fourth-order valence-electron chi connectivity index (χ4n) is 1.81. The number of benzene rings is 1. The van der Waals surface area contributed by atoms with Crippen LogP contribution in [0.4, 0.5) is 0 Å². The van der Waals surface area contributed by atoms with E-state index in [4.69, 9.17) is 11.6 Å². The molecule has 0 atom stereocenters. The second kappa shape index (κ2) is 7.79. The van der Waals surface area contributed by atoms with Crippen LogP contribution in [0.25, 0.3) is 0 Å². The maximum atomic E-state index is 11.3. The van der Waals surface area contributed by atoms with Crippen molar-refractivity contribution in [2.75, 3.05) is 14.2 Å². The second-order valence-corrected chi connectivity index (χ2v) is 4.69. The van der Waals surface area contributed by atoms with Gasteiger partial charge in [0.15, 0.2) is 0 Å². The molecule has 0 aliphatic carbocycles.